The zero-order chi connectivity index (χ0) is 20.6. The number of hydrogen-bond acceptors (Lipinski definition) is 5. The fourth-order valence-electron chi connectivity index (χ4n) is 4.40. The second-order valence-electron chi connectivity index (χ2n) is 9.02. The molecule has 3 rings (SSSR count). The van der Waals surface area contributed by atoms with Gasteiger partial charge < -0.3 is 19.9 Å². The third-order valence-electron chi connectivity index (χ3n) is 6.56. The van der Waals surface area contributed by atoms with E-state index in [1.165, 1.54) is 65.2 Å². The fraction of sp³-hybridized carbons (Fsp3) is 0.955. The van der Waals surface area contributed by atoms with Gasteiger partial charge in [0.2, 0.25) is 5.91 Å². The van der Waals surface area contributed by atoms with Crippen LogP contribution in [0, 0.1) is 11.3 Å². The van der Waals surface area contributed by atoms with Gasteiger partial charge in [0.15, 0.2) is 0 Å². The van der Waals surface area contributed by atoms with Gasteiger partial charge in [-0.15, -0.1) is 0 Å². The molecule has 1 atom stereocenters. The molecule has 0 aromatic carbocycles. The SMILES string of the molecule is CC.CC(C)C(=O)NCC1CC2(CCN(CCN3CCN(C)CC3)CC2)CO1. The number of nitrogens with one attached hydrogen (secondary N) is 1. The number of rotatable bonds is 6. The minimum Gasteiger partial charge on any atom is -0.376 e. The Hall–Kier alpha value is -0.690. The van der Waals surface area contributed by atoms with Crippen LogP contribution in [-0.2, 0) is 9.53 Å². The summed E-state index contributed by atoms with van der Waals surface area (Å²) >= 11 is 0. The average molecular weight is 397 g/mol. The number of carbonyl (C=O) groups excluding carboxylic acids is 1. The molecule has 3 aliphatic rings. The lowest BCUT2D eigenvalue weighted by Crippen LogP contribution is -2.48. The fourth-order valence-corrected chi connectivity index (χ4v) is 4.40. The molecule has 3 heterocycles. The third kappa shape index (κ3) is 6.97. The van der Waals surface area contributed by atoms with E-state index < -0.39 is 0 Å². The molecule has 3 fully saturated rings. The van der Waals surface area contributed by atoms with E-state index in [4.69, 9.17) is 4.74 Å². The van der Waals surface area contributed by atoms with Crippen molar-refractivity contribution < 1.29 is 9.53 Å². The molecule has 0 saturated carbocycles. The van der Waals surface area contributed by atoms with Crippen molar-refractivity contribution in [3.8, 4) is 0 Å². The van der Waals surface area contributed by atoms with Gasteiger partial charge in [-0.3, -0.25) is 9.69 Å². The molecule has 1 amide bonds. The van der Waals surface area contributed by atoms with Crippen molar-refractivity contribution in [3.05, 3.63) is 0 Å². The Kier molecular flexibility index (Phi) is 9.67. The molecule has 1 unspecified atom stereocenters. The average Bonchev–Trinajstić information content (AvgIpc) is 3.11. The maximum Gasteiger partial charge on any atom is 0.222 e. The summed E-state index contributed by atoms with van der Waals surface area (Å²) in [6, 6.07) is 0. The minimum absolute atomic E-state index is 0.0499. The number of likely N-dealkylation sites (tertiary alicyclic amines) is 1. The van der Waals surface area contributed by atoms with Crippen LogP contribution in [0.5, 0.6) is 0 Å². The first kappa shape index (κ1) is 23.6. The van der Waals surface area contributed by atoms with Crippen LogP contribution >= 0.6 is 0 Å². The van der Waals surface area contributed by atoms with Gasteiger partial charge in [0.25, 0.3) is 0 Å². The molecule has 0 aromatic heterocycles. The summed E-state index contributed by atoms with van der Waals surface area (Å²) in [6.45, 7) is 19.1. The molecule has 3 saturated heterocycles. The summed E-state index contributed by atoms with van der Waals surface area (Å²) in [6.07, 6.45) is 3.79. The topological polar surface area (TPSA) is 48.1 Å². The van der Waals surface area contributed by atoms with Crippen molar-refractivity contribution in [2.24, 2.45) is 11.3 Å². The molecule has 0 aromatic rings. The standard InChI is InChI=1S/C20H38N4O2.C2H6/c1-17(2)19(25)21-15-18-14-20(16-26-18)4-6-23(7-5-20)12-13-24-10-8-22(3)9-11-24;1-2/h17-18H,4-16H2,1-3H3,(H,21,25);1-2H3. The van der Waals surface area contributed by atoms with E-state index in [0.29, 0.717) is 12.0 Å². The minimum atomic E-state index is 0.0499. The van der Waals surface area contributed by atoms with Crippen LogP contribution in [0.3, 0.4) is 0 Å². The van der Waals surface area contributed by atoms with Crippen molar-refractivity contribution in [1.82, 2.24) is 20.0 Å². The number of likely N-dealkylation sites (N-methyl/N-ethyl adjacent to an activating group) is 1. The largest absolute Gasteiger partial charge is 0.376 e. The molecule has 3 aliphatic heterocycles. The molecule has 6 heteroatoms. The third-order valence-corrected chi connectivity index (χ3v) is 6.56. The van der Waals surface area contributed by atoms with E-state index in [1.807, 2.05) is 27.7 Å². The quantitative estimate of drug-likeness (QED) is 0.743. The van der Waals surface area contributed by atoms with Gasteiger partial charge in [0, 0.05) is 51.7 Å². The van der Waals surface area contributed by atoms with Crippen molar-refractivity contribution in [3.63, 3.8) is 0 Å². The van der Waals surface area contributed by atoms with Gasteiger partial charge in [0.1, 0.15) is 0 Å². The first-order valence-corrected chi connectivity index (χ1v) is 11.5. The summed E-state index contributed by atoms with van der Waals surface area (Å²) in [7, 11) is 2.21. The molecule has 0 aliphatic carbocycles. The van der Waals surface area contributed by atoms with Crippen molar-refractivity contribution in [2.45, 2.75) is 53.1 Å². The van der Waals surface area contributed by atoms with Crippen LogP contribution in [0.4, 0.5) is 0 Å². The number of carbonyl (C=O) groups is 1. The summed E-state index contributed by atoms with van der Waals surface area (Å²) in [4.78, 5) is 19.4. The molecule has 0 radical (unpaired) electrons. The predicted octanol–water partition coefficient (Wildman–Crippen LogP) is 1.90. The Labute approximate surface area is 172 Å². The maximum absolute atomic E-state index is 11.8. The molecular formula is C22H44N4O2. The molecule has 164 valence electrons. The van der Waals surface area contributed by atoms with Gasteiger partial charge in [-0.2, -0.15) is 0 Å². The Balaban J connectivity index is 0.00000136. The number of amides is 1. The summed E-state index contributed by atoms with van der Waals surface area (Å²) in [5.41, 5.74) is 0.359. The molecular weight excluding hydrogens is 352 g/mol. The summed E-state index contributed by atoms with van der Waals surface area (Å²) in [5, 5.41) is 3.03. The van der Waals surface area contributed by atoms with E-state index in [1.54, 1.807) is 0 Å². The molecule has 1 spiro atoms. The number of piperazine rings is 1. The Bertz CT molecular complexity index is 455. The van der Waals surface area contributed by atoms with Crippen LogP contribution in [0.15, 0.2) is 0 Å². The lowest BCUT2D eigenvalue weighted by atomic mass is 9.76. The number of hydrogen-bond donors (Lipinski definition) is 1. The monoisotopic (exact) mass is 396 g/mol. The molecule has 6 nitrogen and oxygen atoms in total. The van der Waals surface area contributed by atoms with Gasteiger partial charge in [-0.25, -0.2) is 0 Å². The van der Waals surface area contributed by atoms with E-state index in [2.05, 4.69) is 27.1 Å². The highest BCUT2D eigenvalue weighted by Crippen LogP contribution is 2.41. The van der Waals surface area contributed by atoms with Crippen molar-refractivity contribution in [1.29, 1.82) is 0 Å². The second kappa shape index (κ2) is 11.5. The highest BCUT2D eigenvalue weighted by Gasteiger charge is 2.42. The number of piperidine rings is 1. The van der Waals surface area contributed by atoms with Crippen LogP contribution in [0.25, 0.3) is 0 Å². The lowest BCUT2D eigenvalue weighted by molar-refractivity contribution is -0.124. The second-order valence-corrected chi connectivity index (χ2v) is 9.02. The lowest BCUT2D eigenvalue weighted by Gasteiger charge is -2.40. The number of ether oxygens (including phenoxy) is 1. The smallest absolute Gasteiger partial charge is 0.222 e. The first-order chi connectivity index (χ1) is 13.5. The summed E-state index contributed by atoms with van der Waals surface area (Å²) < 4.78 is 6.03. The van der Waals surface area contributed by atoms with Crippen LogP contribution in [0.2, 0.25) is 0 Å². The highest BCUT2D eigenvalue weighted by molar-refractivity contribution is 5.77. The summed E-state index contributed by atoms with van der Waals surface area (Å²) in [5.74, 6) is 0.183. The maximum atomic E-state index is 11.8. The van der Waals surface area contributed by atoms with Crippen LogP contribution < -0.4 is 5.32 Å². The number of nitrogens with zero attached hydrogens (tertiary/aromatic N) is 3. The van der Waals surface area contributed by atoms with E-state index in [0.717, 1.165) is 13.0 Å². The normalized spacial score (nSPS) is 26.3. The molecule has 28 heavy (non-hydrogen) atoms. The van der Waals surface area contributed by atoms with Gasteiger partial charge in [-0.05, 0) is 44.8 Å². The van der Waals surface area contributed by atoms with Crippen molar-refractivity contribution >= 4 is 5.91 Å². The predicted molar refractivity (Wildman–Crippen MR) is 116 cm³/mol. The zero-order valence-corrected chi connectivity index (χ0v) is 19.0. The van der Waals surface area contributed by atoms with Crippen molar-refractivity contribution in [2.75, 3.05) is 72.6 Å². The van der Waals surface area contributed by atoms with E-state index in [-0.39, 0.29) is 17.9 Å². The van der Waals surface area contributed by atoms with Crippen LogP contribution in [0.1, 0.15) is 47.0 Å². The first-order valence-electron chi connectivity index (χ1n) is 11.5. The van der Waals surface area contributed by atoms with Crippen LogP contribution in [-0.4, -0.2) is 99.3 Å². The Morgan fingerprint density at radius 1 is 1.04 bits per heavy atom. The van der Waals surface area contributed by atoms with Gasteiger partial charge in [0.05, 0.1) is 12.7 Å². The molecule has 1 N–H and O–H groups in total. The zero-order valence-electron chi connectivity index (χ0n) is 19.0. The van der Waals surface area contributed by atoms with Gasteiger partial charge >= 0.3 is 0 Å². The van der Waals surface area contributed by atoms with Gasteiger partial charge in [-0.1, -0.05) is 27.7 Å². The Morgan fingerprint density at radius 3 is 2.18 bits per heavy atom. The Morgan fingerprint density at radius 2 is 1.61 bits per heavy atom. The highest BCUT2D eigenvalue weighted by atomic mass is 16.5. The van der Waals surface area contributed by atoms with E-state index in [9.17, 15) is 4.79 Å². The van der Waals surface area contributed by atoms with E-state index >= 15 is 0 Å². The molecule has 0 bridgehead atoms.